The lowest BCUT2D eigenvalue weighted by molar-refractivity contribution is -0.112. The van der Waals surface area contributed by atoms with E-state index < -0.39 is 18.0 Å². The van der Waals surface area contributed by atoms with Crippen LogP contribution in [-0.2, 0) is 11.8 Å². The zero-order valence-electron chi connectivity index (χ0n) is 15.4. The number of hydrogen-bond donors (Lipinski definition) is 4. The van der Waals surface area contributed by atoms with Gasteiger partial charge in [0.05, 0.1) is 11.3 Å². The zero-order chi connectivity index (χ0) is 19.7. The number of aliphatic imine (C=N–C) groups is 1. The zero-order valence-corrected chi connectivity index (χ0v) is 15.4. The number of rotatable bonds is 4. The summed E-state index contributed by atoms with van der Waals surface area (Å²) in [4.78, 5) is 17.3. The second kappa shape index (κ2) is 7.68. The Balaban J connectivity index is 1.52. The second-order valence-corrected chi connectivity index (χ2v) is 6.86. The lowest BCUT2D eigenvalue weighted by Crippen LogP contribution is -2.46. The number of anilines is 1. The number of alkyl halides is 2. The van der Waals surface area contributed by atoms with Gasteiger partial charge in [-0.25, -0.2) is 19.2 Å². The third-order valence-electron chi connectivity index (χ3n) is 4.77. The van der Waals surface area contributed by atoms with Crippen molar-refractivity contribution >= 4 is 17.4 Å². The molecule has 1 atom stereocenters. The molecule has 150 valence electrons. The van der Waals surface area contributed by atoms with Crippen molar-refractivity contribution in [2.75, 3.05) is 25.0 Å². The summed E-state index contributed by atoms with van der Waals surface area (Å²) in [7, 11) is 1.52. The van der Waals surface area contributed by atoms with Crippen LogP contribution in [0.25, 0.3) is 0 Å². The summed E-state index contributed by atoms with van der Waals surface area (Å²) < 4.78 is 27.5. The van der Waals surface area contributed by atoms with Crippen LogP contribution in [0.2, 0.25) is 0 Å². The topological polar surface area (TPSA) is 98.6 Å². The number of fused-ring (bicyclic) bond motifs is 1. The fraction of sp³-hybridized carbons (Fsp3) is 0.471. The summed E-state index contributed by atoms with van der Waals surface area (Å²) in [6.07, 6.45) is 4.35. The van der Waals surface area contributed by atoms with Crippen LogP contribution in [0, 0.1) is 0 Å². The van der Waals surface area contributed by atoms with Crippen molar-refractivity contribution in [1.82, 2.24) is 30.8 Å². The van der Waals surface area contributed by atoms with Crippen LogP contribution in [0.15, 0.2) is 34.9 Å². The number of carbonyl (C=O) groups is 1. The van der Waals surface area contributed by atoms with E-state index >= 15 is 0 Å². The second-order valence-electron chi connectivity index (χ2n) is 6.86. The van der Waals surface area contributed by atoms with Gasteiger partial charge in [-0.3, -0.25) is 14.5 Å². The number of aryl methyl sites for hydroxylation is 1. The summed E-state index contributed by atoms with van der Waals surface area (Å²) in [6, 6.07) is 0.278. The van der Waals surface area contributed by atoms with Crippen LogP contribution in [0.1, 0.15) is 25.0 Å². The molecule has 3 aliphatic rings. The number of hydrogen-bond acceptors (Lipinski definition) is 7. The number of halogens is 2. The van der Waals surface area contributed by atoms with Crippen LogP contribution in [-0.4, -0.2) is 52.2 Å². The van der Waals surface area contributed by atoms with E-state index in [1.165, 1.54) is 17.9 Å². The van der Waals surface area contributed by atoms with E-state index in [1.807, 2.05) is 6.08 Å². The van der Waals surface area contributed by atoms with E-state index in [2.05, 4.69) is 31.5 Å². The molecule has 0 aliphatic carbocycles. The largest absolute Gasteiger partial charge is 0.366 e. The number of amidine groups is 1. The first-order valence-electron chi connectivity index (χ1n) is 9.14. The van der Waals surface area contributed by atoms with E-state index in [4.69, 9.17) is 0 Å². The van der Waals surface area contributed by atoms with Crippen LogP contribution in [0.4, 0.5) is 14.5 Å². The summed E-state index contributed by atoms with van der Waals surface area (Å²) >= 11 is 0. The van der Waals surface area contributed by atoms with Crippen molar-refractivity contribution in [3.63, 3.8) is 0 Å². The van der Waals surface area contributed by atoms with E-state index in [1.54, 1.807) is 11.2 Å². The van der Waals surface area contributed by atoms with E-state index in [-0.39, 0.29) is 18.3 Å². The highest BCUT2D eigenvalue weighted by atomic mass is 19.3. The molecule has 4 N–H and O–H groups in total. The van der Waals surface area contributed by atoms with Crippen molar-refractivity contribution in [1.29, 1.82) is 0 Å². The van der Waals surface area contributed by atoms with Crippen molar-refractivity contribution in [2.45, 2.75) is 25.3 Å². The van der Waals surface area contributed by atoms with Crippen molar-refractivity contribution in [3.8, 4) is 0 Å². The molecule has 1 fully saturated rings. The Morgan fingerprint density at radius 2 is 2.29 bits per heavy atom. The molecule has 0 aromatic carbocycles. The number of aromatic nitrogens is 2. The Bertz CT molecular complexity index is 853. The number of hydrazine groups is 1. The van der Waals surface area contributed by atoms with Crippen molar-refractivity contribution in [3.05, 3.63) is 35.6 Å². The number of piperidine rings is 1. The lowest BCUT2D eigenvalue weighted by Gasteiger charge is -2.26. The Morgan fingerprint density at radius 3 is 3.04 bits per heavy atom. The standard InChI is InChI=1S/C17H22F2N8O/c1-26-9-12(14(25-26)15(18)19)23-17(28)11-8-21-27-6-4-13(24-16(11)27)22-10-3-2-5-20-7-10/h4,6,9-10,15,20-21H,2-3,5,7-8H2,1H3,(H,22,24)(H,23,28)/t10-/m0/s1. The number of carbonyl (C=O) groups excluding carboxylic acids is 1. The van der Waals surface area contributed by atoms with Gasteiger partial charge in [-0.05, 0) is 25.5 Å². The molecule has 1 aromatic rings. The van der Waals surface area contributed by atoms with Gasteiger partial charge in [0.25, 0.3) is 12.3 Å². The molecule has 4 rings (SSSR count). The minimum absolute atomic E-state index is 0.00369. The maximum Gasteiger partial charge on any atom is 0.284 e. The average molecular weight is 392 g/mol. The van der Waals surface area contributed by atoms with Gasteiger partial charge in [-0.15, -0.1) is 0 Å². The maximum atomic E-state index is 13.1. The molecule has 1 amide bonds. The third kappa shape index (κ3) is 3.76. The monoisotopic (exact) mass is 392 g/mol. The van der Waals surface area contributed by atoms with Gasteiger partial charge in [0.1, 0.15) is 5.84 Å². The maximum absolute atomic E-state index is 13.1. The minimum Gasteiger partial charge on any atom is -0.366 e. The summed E-state index contributed by atoms with van der Waals surface area (Å²) in [6.45, 7) is 2.12. The highest BCUT2D eigenvalue weighted by molar-refractivity contribution is 6.06. The van der Waals surface area contributed by atoms with Gasteiger partial charge in [-0.2, -0.15) is 5.10 Å². The average Bonchev–Trinajstić information content (AvgIpc) is 3.25. The lowest BCUT2D eigenvalue weighted by atomic mass is 10.1. The Morgan fingerprint density at radius 1 is 1.43 bits per heavy atom. The fourth-order valence-corrected chi connectivity index (χ4v) is 3.41. The molecule has 3 aliphatic heterocycles. The summed E-state index contributed by atoms with van der Waals surface area (Å²) in [5.74, 6) is 0.634. The van der Waals surface area contributed by atoms with Gasteiger partial charge in [0, 0.05) is 38.6 Å². The first-order valence-corrected chi connectivity index (χ1v) is 9.14. The number of nitrogens with one attached hydrogen (secondary N) is 4. The molecule has 1 saturated heterocycles. The molecule has 0 bridgehead atoms. The first-order chi connectivity index (χ1) is 13.5. The Kier molecular flexibility index (Phi) is 5.09. The first kappa shape index (κ1) is 18.6. The van der Waals surface area contributed by atoms with E-state index in [9.17, 15) is 13.6 Å². The molecule has 28 heavy (non-hydrogen) atoms. The molecule has 9 nitrogen and oxygen atoms in total. The third-order valence-corrected chi connectivity index (χ3v) is 4.77. The highest BCUT2D eigenvalue weighted by Crippen LogP contribution is 2.27. The fourth-order valence-electron chi connectivity index (χ4n) is 3.41. The van der Waals surface area contributed by atoms with Gasteiger partial charge in [0.2, 0.25) is 0 Å². The molecule has 4 heterocycles. The van der Waals surface area contributed by atoms with Gasteiger partial charge in [-0.1, -0.05) is 0 Å². The quantitative estimate of drug-likeness (QED) is 0.599. The Labute approximate surface area is 160 Å². The molecular weight excluding hydrogens is 370 g/mol. The smallest absolute Gasteiger partial charge is 0.284 e. The molecule has 0 radical (unpaired) electrons. The molecule has 1 aromatic heterocycles. The summed E-state index contributed by atoms with van der Waals surface area (Å²) in [5.41, 5.74) is 2.95. The number of nitrogens with zero attached hydrogens (tertiary/aromatic N) is 4. The normalized spacial score (nSPS) is 21.8. The predicted molar refractivity (Wildman–Crippen MR) is 99.3 cm³/mol. The molecule has 0 spiro atoms. The highest BCUT2D eigenvalue weighted by Gasteiger charge is 2.30. The summed E-state index contributed by atoms with van der Waals surface area (Å²) in [5, 5.41) is 14.6. The van der Waals surface area contributed by atoms with Crippen molar-refractivity contribution in [2.24, 2.45) is 12.0 Å². The van der Waals surface area contributed by atoms with Crippen LogP contribution in [0.3, 0.4) is 0 Å². The Hall–Kier alpha value is -2.79. The van der Waals surface area contributed by atoms with Gasteiger partial charge in [0.15, 0.2) is 11.5 Å². The van der Waals surface area contributed by atoms with Gasteiger partial charge >= 0.3 is 0 Å². The van der Waals surface area contributed by atoms with Crippen LogP contribution in [0.5, 0.6) is 0 Å². The molecule has 11 heteroatoms. The van der Waals surface area contributed by atoms with Crippen LogP contribution >= 0.6 is 0 Å². The molecular formula is C17H22F2N8O. The van der Waals surface area contributed by atoms with Gasteiger partial charge < -0.3 is 16.0 Å². The minimum atomic E-state index is -2.78. The van der Waals surface area contributed by atoms with E-state index in [0.29, 0.717) is 17.2 Å². The molecule has 0 saturated carbocycles. The number of amides is 1. The predicted octanol–water partition coefficient (Wildman–Crippen LogP) is 0.595. The van der Waals surface area contributed by atoms with Crippen molar-refractivity contribution < 1.29 is 13.6 Å². The van der Waals surface area contributed by atoms with E-state index in [0.717, 1.165) is 25.9 Å². The SMILES string of the molecule is Cn1cc(NC(=O)C2=C3N=C(N[C@H]4CCCNC4)C=CN3NC2)c(C(F)F)n1. The van der Waals surface area contributed by atoms with Crippen LogP contribution < -0.4 is 21.4 Å². The molecule has 0 unspecified atom stereocenters.